The third-order valence-electron chi connectivity index (χ3n) is 3.99. The van der Waals surface area contributed by atoms with E-state index in [9.17, 15) is 10.1 Å². The Hall–Kier alpha value is -2.89. The fourth-order valence-corrected chi connectivity index (χ4v) is 2.67. The Balaban J connectivity index is 1.84. The third kappa shape index (κ3) is 3.71. The van der Waals surface area contributed by atoms with Crippen molar-refractivity contribution >= 4 is 11.8 Å². The van der Waals surface area contributed by atoms with Crippen molar-refractivity contribution in [2.24, 2.45) is 0 Å². The molecule has 0 atom stereocenters. The lowest BCUT2D eigenvalue weighted by molar-refractivity contribution is -0.385. The molecule has 2 heterocycles. The monoisotopic (exact) mass is 325 g/mol. The second-order valence-corrected chi connectivity index (χ2v) is 5.73. The molecule has 1 fully saturated rings. The highest BCUT2D eigenvalue weighted by Crippen LogP contribution is 2.30. The fraction of sp³-hybridized carbons (Fsp3) is 0.278. The molecule has 24 heavy (non-hydrogen) atoms. The van der Waals surface area contributed by atoms with E-state index in [1.54, 1.807) is 36.5 Å². The van der Waals surface area contributed by atoms with E-state index in [1.165, 1.54) is 18.9 Å². The number of nitro groups is 1. The summed E-state index contributed by atoms with van der Waals surface area (Å²) in [7, 11) is 0. The molecular formula is C18H19N3O3. The molecule has 1 aliphatic heterocycles. The van der Waals surface area contributed by atoms with Crippen molar-refractivity contribution in [3.63, 3.8) is 0 Å². The van der Waals surface area contributed by atoms with Crippen molar-refractivity contribution < 1.29 is 9.66 Å². The first-order chi connectivity index (χ1) is 11.6. The number of nitrogens with zero attached hydrogens (tertiary/aromatic N) is 3. The van der Waals surface area contributed by atoms with Crippen LogP contribution in [-0.2, 0) is 0 Å². The molecule has 0 spiro atoms. The van der Waals surface area contributed by atoms with Crippen LogP contribution in [0.5, 0.6) is 11.5 Å². The van der Waals surface area contributed by atoms with Crippen LogP contribution in [0.15, 0.2) is 42.7 Å². The van der Waals surface area contributed by atoms with Gasteiger partial charge >= 0.3 is 0 Å². The normalized spacial score (nSPS) is 14.3. The van der Waals surface area contributed by atoms with E-state index < -0.39 is 0 Å². The van der Waals surface area contributed by atoms with Gasteiger partial charge in [-0.15, -0.1) is 0 Å². The molecule has 1 saturated heterocycles. The van der Waals surface area contributed by atoms with Crippen molar-refractivity contribution in [3.8, 4) is 11.5 Å². The molecule has 6 nitrogen and oxygen atoms in total. The Kier molecular flexibility index (Phi) is 4.74. The summed E-state index contributed by atoms with van der Waals surface area (Å²) in [6.45, 7) is 3.84. The third-order valence-corrected chi connectivity index (χ3v) is 3.99. The van der Waals surface area contributed by atoms with E-state index in [2.05, 4.69) is 9.88 Å². The lowest BCUT2D eigenvalue weighted by atomic mass is 10.1. The Morgan fingerprint density at radius 2 is 2.08 bits per heavy atom. The van der Waals surface area contributed by atoms with Crippen LogP contribution in [0.25, 0.3) is 6.08 Å². The lowest BCUT2D eigenvalue weighted by Gasteiger charge is -2.11. The number of nitro benzene ring substituents is 1. The SMILES string of the molecule is Cc1ncccc1Oc1ccc(C=CN2CCCC2)c([N+](=O)[O-])c1. The number of aromatic nitrogens is 1. The lowest BCUT2D eigenvalue weighted by Crippen LogP contribution is -2.10. The zero-order valence-corrected chi connectivity index (χ0v) is 13.5. The van der Waals surface area contributed by atoms with Gasteiger partial charge in [0.05, 0.1) is 22.2 Å². The average molecular weight is 325 g/mol. The topological polar surface area (TPSA) is 68.5 Å². The molecule has 0 bridgehead atoms. The van der Waals surface area contributed by atoms with Crippen LogP contribution in [0.4, 0.5) is 5.69 Å². The minimum absolute atomic E-state index is 0.0319. The molecule has 6 heteroatoms. The average Bonchev–Trinajstić information content (AvgIpc) is 3.09. The van der Waals surface area contributed by atoms with Crippen molar-refractivity contribution in [1.82, 2.24) is 9.88 Å². The van der Waals surface area contributed by atoms with Crippen molar-refractivity contribution in [3.05, 3.63) is 64.1 Å². The van der Waals surface area contributed by atoms with Crippen molar-refractivity contribution in [2.45, 2.75) is 19.8 Å². The van der Waals surface area contributed by atoms with Crippen LogP contribution < -0.4 is 4.74 Å². The zero-order chi connectivity index (χ0) is 16.9. The quantitative estimate of drug-likeness (QED) is 0.610. The maximum Gasteiger partial charge on any atom is 0.280 e. The van der Waals surface area contributed by atoms with Gasteiger partial charge < -0.3 is 9.64 Å². The number of hydrogen-bond acceptors (Lipinski definition) is 5. The summed E-state index contributed by atoms with van der Waals surface area (Å²) in [6.07, 6.45) is 7.74. The first kappa shape index (κ1) is 16.0. The molecule has 0 aliphatic carbocycles. The van der Waals surface area contributed by atoms with Gasteiger partial charge in [-0.05, 0) is 56.3 Å². The predicted molar refractivity (Wildman–Crippen MR) is 92.0 cm³/mol. The number of pyridine rings is 1. The summed E-state index contributed by atoms with van der Waals surface area (Å²) in [5.41, 5.74) is 1.34. The maximum absolute atomic E-state index is 11.4. The van der Waals surface area contributed by atoms with Gasteiger partial charge in [-0.2, -0.15) is 0 Å². The molecule has 1 aromatic carbocycles. The fourth-order valence-electron chi connectivity index (χ4n) is 2.67. The summed E-state index contributed by atoms with van der Waals surface area (Å²) in [6, 6.07) is 8.46. The molecule has 0 N–H and O–H groups in total. The van der Waals surface area contributed by atoms with Crippen LogP contribution >= 0.6 is 0 Å². The van der Waals surface area contributed by atoms with Gasteiger partial charge in [-0.3, -0.25) is 15.1 Å². The van der Waals surface area contributed by atoms with Gasteiger partial charge in [0.1, 0.15) is 11.5 Å². The minimum Gasteiger partial charge on any atom is -0.455 e. The Bertz CT molecular complexity index is 768. The largest absolute Gasteiger partial charge is 0.455 e. The van der Waals surface area contributed by atoms with Gasteiger partial charge in [-0.1, -0.05) is 0 Å². The highest BCUT2D eigenvalue weighted by atomic mass is 16.6. The van der Waals surface area contributed by atoms with E-state index in [0.29, 0.717) is 17.1 Å². The van der Waals surface area contributed by atoms with Crippen LogP contribution in [0.3, 0.4) is 0 Å². The predicted octanol–water partition coefficient (Wildman–Crippen LogP) is 4.16. The van der Waals surface area contributed by atoms with Gasteiger partial charge in [-0.25, -0.2) is 0 Å². The number of likely N-dealkylation sites (tertiary alicyclic amines) is 1. The van der Waals surface area contributed by atoms with Gasteiger partial charge in [0.25, 0.3) is 5.69 Å². The highest BCUT2D eigenvalue weighted by Gasteiger charge is 2.15. The summed E-state index contributed by atoms with van der Waals surface area (Å²) in [5.74, 6) is 1.02. The summed E-state index contributed by atoms with van der Waals surface area (Å²) < 4.78 is 5.73. The molecule has 2 aromatic rings. The number of hydrogen-bond donors (Lipinski definition) is 0. The van der Waals surface area contributed by atoms with Crippen LogP contribution in [0.2, 0.25) is 0 Å². The highest BCUT2D eigenvalue weighted by molar-refractivity contribution is 5.63. The van der Waals surface area contributed by atoms with Crippen LogP contribution in [0.1, 0.15) is 24.1 Å². The molecule has 124 valence electrons. The van der Waals surface area contributed by atoms with E-state index >= 15 is 0 Å². The smallest absolute Gasteiger partial charge is 0.280 e. The van der Waals surface area contributed by atoms with E-state index in [4.69, 9.17) is 4.74 Å². The molecule has 0 amide bonds. The van der Waals surface area contributed by atoms with Crippen molar-refractivity contribution in [2.75, 3.05) is 13.1 Å². The maximum atomic E-state index is 11.4. The molecule has 0 unspecified atom stereocenters. The van der Waals surface area contributed by atoms with Gasteiger partial charge in [0.2, 0.25) is 0 Å². The second-order valence-electron chi connectivity index (χ2n) is 5.73. The summed E-state index contributed by atoms with van der Waals surface area (Å²) in [4.78, 5) is 17.3. The molecule has 0 radical (unpaired) electrons. The van der Waals surface area contributed by atoms with Gasteiger partial charge in [0, 0.05) is 19.3 Å². The molecule has 1 aromatic heterocycles. The minimum atomic E-state index is -0.382. The Morgan fingerprint density at radius 1 is 1.29 bits per heavy atom. The summed E-state index contributed by atoms with van der Waals surface area (Å²) >= 11 is 0. The second kappa shape index (κ2) is 7.12. The molecule has 3 rings (SSSR count). The standard InChI is InChI=1S/C18H19N3O3/c1-14-18(5-4-9-19-14)24-16-7-6-15(17(13-16)21(22)23)8-12-20-10-2-3-11-20/h4-9,12-13H,2-3,10-11H2,1H3. The van der Waals surface area contributed by atoms with Crippen molar-refractivity contribution in [1.29, 1.82) is 0 Å². The van der Waals surface area contributed by atoms with E-state index in [1.807, 2.05) is 13.1 Å². The number of benzene rings is 1. The Labute approximate surface area is 140 Å². The van der Waals surface area contributed by atoms with Crippen LogP contribution in [0, 0.1) is 17.0 Å². The molecule has 0 saturated carbocycles. The molecular weight excluding hydrogens is 306 g/mol. The van der Waals surface area contributed by atoms with E-state index in [0.717, 1.165) is 18.8 Å². The Morgan fingerprint density at radius 3 is 2.79 bits per heavy atom. The number of aryl methyl sites for hydroxylation is 1. The summed E-state index contributed by atoms with van der Waals surface area (Å²) in [5, 5.41) is 11.4. The zero-order valence-electron chi connectivity index (χ0n) is 13.5. The number of ether oxygens (including phenoxy) is 1. The molecule has 1 aliphatic rings. The first-order valence-electron chi connectivity index (χ1n) is 7.93. The number of rotatable bonds is 5. The van der Waals surface area contributed by atoms with Gasteiger partial charge in [0.15, 0.2) is 0 Å². The van der Waals surface area contributed by atoms with Crippen LogP contribution in [-0.4, -0.2) is 27.9 Å². The first-order valence-corrected chi connectivity index (χ1v) is 7.93. The van der Waals surface area contributed by atoms with E-state index in [-0.39, 0.29) is 10.6 Å².